The van der Waals surface area contributed by atoms with E-state index in [-0.39, 0.29) is 22.4 Å². The number of nitrogens with zero attached hydrogens (tertiary/aromatic N) is 4. The highest BCUT2D eigenvalue weighted by Crippen LogP contribution is 2.31. The topological polar surface area (TPSA) is 116 Å². The maximum absolute atomic E-state index is 12.8. The molecule has 3 aromatic rings. The van der Waals surface area contributed by atoms with Gasteiger partial charge in [0.15, 0.2) is 11.5 Å². The summed E-state index contributed by atoms with van der Waals surface area (Å²) in [6, 6.07) is 12.7. The summed E-state index contributed by atoms with van der Waals surface area (Å²) in [5.74, 6) is 0.0732. The molecule has 2 fully saturated rings. The minimum absolute atomic E-state index is 0.0270. The molecule has 1 saturated heterocycles. The minimum Gasteiger partial charge on any atom is -0.478 e. The number of piperazine rings is 1. The number of halogens is 4. The zero-order valence-corrected chi connectivity index (χ0v) is 24.8. The lowest BCUT2D eigenvalue weighted by Gasteiger charge is -2.35. The Balaban J connectivity index is 0.000000296. The van der Waals surface area contributed by atoms with E-state index >= 15 is 0 Å². The van der Waals surface area contributed by atoms with Crippen LogP contribution in [0.4, 0.5) is 5.82 Å². The molecular formula is C28H27Cl4N5O4. The summed E-state index contributed by atoms with van der Waals surface area (Å²) in [5, 5.41) is 21.2. The summed E-state index contributed by atoms with van der Waals surface area (Å²) in [7, 11) is 0. The largest absolute Gasteiger partial charge is 0.478 e. The van der Waals surface area contributed by atoms with E-state index in [0.717, 1.165) is 12.3 Å². The van der Waals surface area contributed by atoms with Crippen molar-refractivity contribution < 1.29 is 19.5 Å². The maximum Gasteiger partial charge on any atom is 0.337 e. The van der Waals surface area contributed by atoms with Crippen molar-refractivity contribution in [2.75, 3.05) is 37.6 Å². The number of carbonyl (C=O) groups excluding carboxylic acids is 2. The lowest BCUT2D eigenvalue weighted by molar-refractivity contribution is 0.0695. The molecule has 0 atom stereocenters. The Kier molecular flexibility index (Phi) is 10.7. The monoisotopic (exact) mass is 637 g/mol. The van der Waals surface area contributed by atoms with Crippen molar-refractivity contribution in [2.24, 2.45) is 5.92 Å². The number of benzene rings is 2. The molecule has 2 amide bonds. The van der Waals surface area contributed by atoms with Gasteiger partial charge in [0.1, 0.15) is 0 Å². The second-order valence-corrected chi connectivity index (χ2v) is 11.3. The Morgan fingerprint density at radius 1 is 0.829 bits per heavy atom. The van der Waals surface area contributed by atoms with Crippen LogP contribution < -0.4 is 10.2 Å². The van der Waals surface area contributed by atoms with Gasteiger partial charge in [-0.15, -0.1) is 10.2 Å². The van der Waals surface area contributed by atoms with Crippen molar-refractivity contribution in [1.29, 1.82) is 0 Å². The molecule has 13 heteroatoms. The molecule has 41 heavy (non-hydrogen) atoms. The maximum atomic E-state index is 12.8. The minimum atomic E-state index is -1.07. The first-order valence-corrected chi connectivity index (χ1v) is 14.4. The quantitative estimate of drug-likeness (QED) is 0.328. The van der Waals surface area contributed by atoms with Crippen LogP contribution in [0.2, 0.25) is 20.1 Å². The van der Waals surface area contributed by atoms with E-state index in [1.54, 1.807) is 35.2 Å². The molecule has 1 aliphatic carbocycles. The second-order valence-electron chi connectivity index (χ2n) is 9.60. The van der Waals surface area contributed by atoms with Crippen LogP contribution in [0.5, 0.6) is 0 Å². The lowest BCUT2D eigenvalue weighted by atomic mass is 10.1. The lowest BCUT2D eigenvalue weighted by Crippen LogP contribution is -2.49. The summed E-state index contributed by atoms with van der Waals surface area (Å²) in [4.78, 5) is 39.1. The predicted octanol–water partition coefficient (Wildman–Crippen LogP) is 5.97. The number of carbonyl (C=O) groups is 3. The number of carboxylic acids is 1. The van der Waals surface area contributed by atoms with Crippen molar-refractivity contribution >= 4 is 70.0 Å². The van der Waals surface area contributed by atoms with E-state index in [1.165, 1.54) is 31.0 Å². The van der Waals surface area contributed by atoms with Crippen LogP contribution in [-0.2, 0) is 0 Å². The zero-order valence-electron chi connectivity index (χ0n) is 21.8. The second kappa shape index (κ2) is 14.2. The summed E-state index contributed by atoms with van der Waals surface area (Å²) >= 11 is 23.2. The molecule has 0 bridgehead atoms. The third kappa shape index (κ3) is 8.69. The van der Waals surface area contributed by atoms with Gasteiger partial charge in [0.2, 0.25) is 0 Å². The first kappa shape index (κ1) is 30.8. The zero-order chi connectivity index (χ0) is 29.5. The van der Waals surface area contributed by atoms with Crippen molar-refractivity contribution in [3.63, 3.8) is 0 Å². The van der Waals surface area contributed by atoms with E-state index in [2.05, 4.69) is 15.5 Å². The van der Waals surface area contributed by atoms with Crippen molar-refractivity contribution in [1.82, 2.24) is 20.4 Å². The molecule has 1 aliphatic heterocycles. The van der Waals surface area contributed by atoms with Crippen LogP contribution in [0.3, 0.4) is 0 Å². The van der Waals surface area contributed by atoms with E-state index in [4.69, 9.17) is 51.5 Å². The molecule has 5 rings (SSSR count). The molecule has 2 aromatic carbocycles. The van der Waals surface area contributed by atoms with Gasteiger partial charge in [0, 0.05) is 42.8 Å². The Morgan fingerprint density at radius 3 is 1.98 bits per heavy atom. The predicted molar refractivity (Wildman–Crippen MR) is 160 cm³/mol. The number of aromatic nitrogens is 2. The fraction of sp³-hybridized carbons (Fsp3) is 0.321. The number of anilines is 1. The SMILES string of the molecule is O=C(NCCC1CC1)c1ccc(N2CCN(C(=O)c3cc(Cl)ccc3Cl)CC2)nn1.O=C(O)c1cc(Cl)ccc1Cl. The van der Waals surface area contributed by atoms with Crippen LogP contribution in [-0.4, -0.2) is 70.7 Å². The van der Waals surface area contributed by atoms with Crippen LogP contribution >= 0.6 is 46.4 Å². The summed E-state index contributed by atoms with van der Waals surface area (Å²) in [6.07, 6.45) is 3.57. The van der Waals surface area contributed by atoms with Gasteiger partial charge in [-0.1, -0.05) is 59.2 Å². The molecule has 0 radical (unpaired) electrons. The summed E-state index contributed by atoms with van der Waals surface area (Å²) in [5.41, 5.74) is 0.757. The number of hydrogen-bond donors (Lipinski definition) is 2. The van der Waals surface area contributed by atoms with Gasteiger partial charge in [-0.3, -0.25) is 9.59 Å². The highest BCUT2D eigenvalue weighted by atomic mass is 35.5. The molecule has 216 valence electrons. The fourth-order valence-electron chi connectivity index (χ4n) is 4.13. The standard InChI is InChI=1S/C21H23Cl2N5O2.C7H4Cl2O2/c22-15-3-4-17(23)16(13-15)21(30)28-11-9-27(10-12-28)19-6-5-18(25-26-19)20(29)24-8-7-14-1-2-14;8-4-1-2-6(9)5(3-4)7(10)11/h3-6,13-14H,1-2,7-12H2,(H,24,29);1-3H,(H,10,11). The Hall–Kier alpha value is -3.11. The van der Waals surface area contributed by atoms with E-state index in [0.29, 0.717) is 64.9 Å². The Bertz CT molecular complexity index is 1410. The molecule has 2 aliphatic rings. The van der Waals surface area contributed by atoms with Crippen molar-refractivity contribution in [3.05, 3.63) is 85.4 Å². The first-order valence-electron chi connectivity index (χ1n) is 12.9. The fourth-order valence-corrected chi connectivity index (χ4v) is 4.87. The first-order chi connectivity index (χ1) is 19.6. The molecule has 1 saturated carbocycles. The average molecular weight is 639 g/mol. The number of amides is 2. The molecule has 2 heterocycles. The van der Waals surface area contributed by atoms with Gasteiger partial charge in [-0.25, -0.2) is 4.79 Å². The number of rotatable bonds is 7. The van der Waals surface area contributed by atoms with E-state index < -0.39 is 5.97 Å². The molecule has 0 spiro atoms. The number of hydrogen-bond acceptors (Lipinski definition) is 6. The van der Waals surface area contributed by atoms with Gasteiger partial charge in [-0.2, -0.15) is 0 Å². The molecule has 1 aromatic heterocycles. The molecule has 9 nitrogen and oxygen atoms in total. The molecule has 2 N–H and O–H groups in total. The van der Waals surface area contributed by atoms with Crippen LogP contribution in [0.15, 0.2) is 48.5 Å². The van der Waals surface area contributed by atoms with Crippen molar-refractivity contribution in [3.8, 4) is 0 Å². The van der Waals surface area contributed by atoms with Gasteiger partial charge in [0.25, 0.3) is 11.8 Å². The van der Waals surface area contributed by atoms with Gasteiger partial charge < -0.3 is 20.2 Å². The van der Waals surface area contributed by atoms with Gasteiger partial charge in [-0.05, 0) is 60.9 Å². The molecule has 0 unspecified atom stereocenters. The summed E-state index contributed by atoms with van der Waals surface area (Å²) < 4.78 is 0. The normalized spacial score (nSPS) is 14.6. The van der Waals surface area contributed by atoms with Crippen LogP contribution in [0, 0.1) is 5.92 Å². The summed E-state index contributed by atoms with van der Waals surface area (Å²) in [6.45, 7) is 2.98. The van der Waals surface area contributed by atoms with Gasteiger partial charge >= 0.3 is 5.97 Å². The Labute approximate surface area is 257 Å². The highest BCUT2D eigenvalue weighted by Gasteiger charge is 2.25. The third-order valence-corrected chi connectivity index (χ3v) is 7.76. The van der Waals surface area contributed by atoms with Crippen LogP contribution in [0.1, 0.15) is 50.5 Å². The van der Waals surface area contributed by atoms with Gasteiger partial charge in [0.05, 0.1) is 21.2 Å². The van der Waals surface area contributed by atoms with E-state index in [1.807, 2.05) is 4.90 Å². The van der Waals surface area contributed by atoms with E-state index in [9.17, 15) is 14.4 Å². The number of carboxylic acid groups (broad SMARTS) is 1. The number of nitrogens with one attached hydrogen (secondary N) is 1. The molecular weight excluding hydrogens is 612 g/mol. The smallest absolute Gasteiger partial charge is 0.337 e. The third-order valence-electron chi connectivity index (χ3n) is 6.63. The number of aromatic carboxylic acids is 1. The van der Waals surface area contributed by atoms with Crippen LogP contribution in [0.25, 0.3) is 0 Å². The van der Waals surface area contributed by atoms with Crippen molar-refractivity contribution in [2.45, 2.75) is 19.3 Å². The Morgan fingerprint density at radius 2 is 1.44 bits per heavy atom. The highest BCUT2D eigenvalue weighted by molar-refractivity contribution is 6.36. The average Bonchev–Trinajstić information content (AvgIpc) is 3.80.